The molecule has 39 heavy (non-hydrogen) atoms. The maximum absolute atomic E-state index is 15.2. The summed E-state index contributed by atoms with van der Waals surface area (Å²) in [6.45, 7) is 0.537. The van der Waals surface area contributed by atoms with Gasteiger partial charge in [0.05, 0.1) is 34.0 Å². The summed E-state index contributed by atoms with van der Waals surface area (Å²) in [5.41, 5.74) is 6.38. The zero-order valence-electron chi connectivity index (χ0n) is 20.6. The number of aliphatic hydroxyl groups is 1. The second-order valence-electron chi connectivity index (χ2n) is 8.81. The van der Waals surface area contributed by atoms with Crippen molar-refractivity contribution in [1.82, 2.24) is 9.88 Å². The quantitative estimate of drug-likeness (QED) is 0.286. The molecule has 200 valence electrons. The van der Waals surface area contributed by atoms with Crippen LogP contribution in [0.2, 0.25) is 0 Å². The summed E-state index contributed by atoms with van der Waals surface area (Å²) < 4.78 is 26.7. The van der Waals surface area contributed by atoms with Crippen molar-refractivity contribution >= 4 is 45.0 Å². The van der Waals surface area contributed by atoms with Gasteiger partial charge in [-0.2, -0.15) is 0 Å². The number of nitrogens with zero attached hydrogens (tertiary/aromatic N) is 2. The van der Waals surface area contributed by atoms with E-state index in [0.29, 0.717) is 26.5 Å². The molecule has 12 heteroatoms. The summed E-state index contributed by atoms with van der Waals surface area (Å²) in [5.74, 6) is -3.74. The van der Waals surface area contributed by atoms with Crippen LogP contribution >= 0.6 is 11.3 Å². The zero-order valence-corrected chi connectivity index (χ0v) is 21.4. The van der Waals surface area contributed by atoms with E-state index in [1.54, 1.807) is 36.4 Å². The number of carbonyl (C=O) groups is 3. The monoisotopic (exact) mass is 550 g/mol. The molecule has 0 spiro atoms. The number of hydrogen-bond acceptors (Lipinski definition) is 8. The van der Waals surface area contributed by atoms with Crippen molar-refractivity contribution in [1.29, 1.82) is 0 Å². The number of thiophene rings is 1. The molecule has 5 rings (SSSR count). The van der Waals surface area contributed by atoms with Gasteiger partial charge in [-0.05, 0) is 35.9 Å². The normalized spacial score (nSPS) is 14.0. The molecule has 1 aliphatic rings. The molecule has 2 aromatic carbocycles. The number of hydrogen-bond donors (Lipinski definition) is 3. The SMILES string of the molecule is COc1ccccc1NC(=O)C(C(N)=O)c1ccc(Oc2ccnc3cc(C(=O)N4CC(O)C4)sc23)c(F)c1. The maximum atomic E-state index is 15.2. The van der Waals surface area contributed by atoms with Crippen LogP contribution in [0, 0.1) is 5.82 Å². The van der Waals surface area contributed by atoms with Gasteiger partial charge >= 0.3 is 0 Å². The number of benzene rings is 2. The smallest absolute Gasteiger partial charge is 0.264 e. The van der Waals surface area contributed by atoms with Gasteiger partial charge < -0.3 is 30.5 Å². The lowest BCUT2D eigenvalue weighted by Gasteiger charge is -2.35. The molecule has 3 heterocycles. The molecular weight excluding hydrogens is 527 g/mol. The van der Waals surface area contributed by atoms with Crippen LogP contribution in [0.25, 0.3) is 10.2 Å². The van der Waals surface area contributed by atoms with Crippen LogP contribution in [0.3, 0.4) is 0 Å². The summed E-state index contributed by atoms with van der Waals surface area (Å²) in [6.07, 6.45) is 0.955. The predicted molar refractivity (Wildman–Crippen MR) is 142 cm³/mol. The number of anilines is 1. The third-order valence-corrected chi connectivity index (χ3v) is 7.28. The molecule has 0 bridgehead atoms. The number of likely N-dealkylation sites (tertiary alicyclic amines) is 1. The predicted octanol–water partition coefficient (Wildman–Crippen LogP) is 3.26. The first-order chi connectivity index (χ1) is 18.7. The first-order valence-electron chi connectivity index (χ1n) is 11.8. The lowest BCUT2D eigenvalue weighted by Crippen LogP contribution is -2.53. The summed E-state index contributed by atoms with van der Waals surface area (Å²) in [4.78, 5) is 44.0. The molecule has 1 atom stereocenters. The van der Waals surface area contributed by atoms with Gasteiger partial charge in [0.1, 0.15) is 17.4 Å². The number of primary amides is 1. The van der Waals surface area contributed by atoms with Crippen molar-refractivity contribution in [3.8, 4) is 17.2 Å². The Morgan fingerprint density at radius 3 is 2.59 bits per heavy atom. The number of amides is 3. The molecule has 3 amide bonds. The highest BCUT2D eigenvalue weighted by Gasteiger charge is 2.31. The number of carbonyl (C=O) groups excluding carboxylic acids is 3. The van der Waals surface area contributed by atoms with E-state index in [9.17, 15) is 19.5 Å². The van der Waals surface area contributed by atoms with Gasteiger partial charge in [-0.1, -0.05) is 18.2 Å². The third kappa shape index (κ3) is 5.24. The van der Waals surface area contributed by atoms with Crippen molar-refractivity contribution in [3.63, 3.8) is 0 Å². The van der Waals surface area contributed by atoms with Gasteiger partial charge in [0.25, 0.3) is 5.91 Å². The van der Waals surface area contributed by atoms with Crippen LogP contribution in [0.5, 0.6) is 17.2 Å². The summed E-state index contributed by atoms with van der Waals surface area (Å²) in [6, 6.07) is 13.5. The minimum absolute atomic E-state index is 0.0420. The number of aromatic nitrogens is 1. The highest BCUT2D eigenvalue weighted by molar-refractivity contribution is 7.21. The van der Waals surface area contributed by atoms with Crippen LogP contribution < -0.4 is 20.5 Å². The molecule has 10 nitrogen and oxygen atoms in total. The van der Waals surface area contributed by atoms with E-state index in [-0.39, 0.29) is 36.1 Å². The molecule has 1 fully saturated rings. The van der Waals surface area contributed by atoms with Gasteiger partial charge in [-0.3, -0.25) is 19.4 Å². The van der Waals surface area contributed by atoms with Gasteiger partial charge in [0.15, 0.2) is 11.6 Å². The fourth-order valence-electron chi connectivity index (χ4n) is 4.17. The molecule has 4 N–H and O–H groups in total. The van der Waals surface area contributed by atoms with Crippen molar-refractivity contribution in [2.45, 2.75) is 12.0 Å². The van der Waals surface area contributed by atoms with Crippen LogP contribution in [0.4, 0.5) is 10.1 Å². The summed E-state index contributed by atoms with van der Waals surface area (Å²) >= 11 is 1.15. The maximum Gasteiger partial charge on any atom is 0.264 e. The van der Waals surface area contributed by atoms with Crippen LogP contribution in [0.15, 0.2) is 60.8 Å². The number of para-hydroxylation sites is 2. The van der Waals surface area contributed by atoms with Crippen molar-refractivity contribution in [2.24, 2.45) is 5.73 Å². The molecular formula is C27H23FN4O6S. The second-order valence-corrected chi connectivity index (χ2v) is 9.87. The number of β-amino-alcohol motifs (C(OH)–C–C–N with tert-alkyl or cyclic N) is 1. The Labute approximate surface area is 225 Å². The number of nitrogens with two attached hydrogens (primary N) is 1. The fourth-order valence-corrected chi connectivity index (χ4v) is 5.21. The Bertz CT molecular complexity index is 1590. The number of aliphatic hydroxyl groups excluding tert-OH is 1. The number of fused-ring (bicyclic) bond motifs is 1. The minimum atomic E-state index is -1.48. The first-order valence-corrected chi connectivity index (χ1v) is 12.6. The molecule has 1 aliphatic heterocycles. The summed E-state index contributed by atoms with van der Waals surface area (Å²) in [7, 11) is 1.44. The second kappa shape index (κ2) is 10.7. The van der Waals surface area contributed by atoms with Gasteiger partial charge in [0, 0.05) is 25.4 Å². The Kier molecular flexibility index (Phi) is 7.13. The van der Waals surface area contributed by atoms with Crippen molar-refractivity contribution in [2.75, 3.05) is 25.5 Å². The molecule has 0 saturated carbocycles. The lowest BCUT2D eigenvalue weighted by atomic mass is 9.97. The van der Waals surface area contributed by atoms with Gasteiger partial charge in [0.2, 0.25) is 11.8 Å². The number of rotatable bonds is 8. The van der Waals surface area contributed by atoms with Crippen LogP contribution in [-0.2, 0) is 9.59 Å². The standard InChI is InChI=1S/C27H23FN4O6S/c1-37-20-5-3-2-4-17(20)31-26(35)23(25(29)34)14-6-7-19(16(28)10-14)38-21-8-9-30-18-11-22(39-24(18)21)27(36)32-12-15(33)13-32/h2-11,15,23,33H,12-13H2,1H3,(H2,29,34)(H,31,35). The van der Waals surface area contributed by atoms with E-state index in [2.05, 4.69) is 10.3 Å². The van der Waals surface area contributed by atoms with E-state index in [0.717, 1.165) is 17.4 Å². The molecule has 4 aromatic rings. The summed E-state index contributed by atoms with van der Waals surface area (Å²) in [5, 5.41) is 12.1. The van der Waals surface area contributed by atoms with Crippen LogP contribution in [-0.4, -0.2) is 59.0 Å². The molecule has 0 radical (unpaired) electrons. The van der Waals surface area contributed by atoms with Gasteiger partial charge in [-0.25, -0.2) is 4.39 Å². The largest absolute Gasteiger partial charge is 0.495 e. The number of ether oxygens (including phenoxy) is 2. The highest BCUT2D eigenvalue weighted by atomic mass is 32.1. The van der Waals surface area contributed by atoms with E-state index < -0.39 is 29.7 Å². The third-order valence-electron chi connectivity index (χ3n) is 6.16. The van der Waals surface area contributed by atoms with Crippen LogP contribution in [0.1, 0.15) is 21.2 Å². The lowest BCUT2D eigenvalue weighted by molar-refractivity contribution is -0.127. The Balaban J connectivity index is 1.37. The van der Waals surface area contributed by atoms with E-state index >= 15 is 4.39 Å². The van der Waals surface area contributed by atoms with E-state index in [1.807, 2.05) is 0 Å². The van der Waals surface area contributed by atoms with Crippen molar-refractivity contribution < 1.29 is 33.4 Å². The molecule has 0 aliphatic carbocycles. The fraction of sp³-hybridized carbons (Fsp3) is 0.185. The molecule has 1 unspecified atom stereocenters. The Morgan fingerprint density at radius 2 is 1.90 bits per heavy atom. The average Bonchev–Trinajstić information content (AvgIpc) is 3.33. The van der Waals surface area contributed by atoms with E-state index in [4.69, 9.17) is 15.2 Å². The molecule has 1 saturated heterocycles. The Hall–Kier alpha value is -4.55. The first kappa shape index (κ1) is 26.1. The van der Waals surface area contributed by atoms with Crippen molar-refractivity contribution in [3.05, 3.63) is 77.1 Å². The molecule has 2 aromatic heterocycles. The van der Waals surface area contributed by atoms with Gasteiger partial charge in [-0.15, -0.1) is 11.3 Å². The zero-order chi connectivity index (χ0) is 27.7. The highest BCUT2D eigenvalue weighted by Crippen LogP contribution is 2.37. The van der Waals surface area contributed by atoms with E-state index in [1.165, 1.54) is 30.3 Å². The topological polar surface area (TPSA) is 144 Å². The number of nitrogens with one attached hydrogen (secondary N) is 1. The minimum Gasteiger partial charge on any atom is -0.495 e. The Morgan fingerprint density at radius 1 is 1.13 bits per heavy atom. The average molecular weight is 551 g/mol. The number of methoxy groups -OCH3 is 1. The number of halogens is 1. The number of pyridine rings is 1.